The van der Waals surface area contributed by atoms with Crippen LogP contribution in [0.5, 0.6) is 0 Å². The number of hydrogen-bond acceptors (Lipinski definition) is 5. The van der Waals surface area contributed by atoms with Gasteiger partial charge in [0.2, 0.25) is 5.91 Å². The number of nitrogens with zero attached hydrogens (tertiary/aromatic N) is 3. The van der Waals surface area contributed by atoms with E-state index >= 15 is 0 Å². The van der Waals surface area contributed by atoms with Crippen LogP contribution in [0.4, 0.5) is 0 Å². The standard InChI is InChI=1S/C15H19N5O2S/c1-10-17-13(19-18-10)9-16-14(21)11-5-2-3-7-20(11)15(22)12-6-4-8-23-12/h4,6,8,11H,2-3,5,7,9H2,1H3,(H,16,21)(H,17,18,19). The number of rotatable bonds is 4. The molecule has 0 radical (unpaired) electrons. The van der Waals surface area contributed by atoms with Gasteiger partial charge in [0.25, 0.3) is 5.91 Å². The monoisotopic (exact) mass is 333 g/mol. The molecule has 2 aromatic rings. The first-order chi connectivity index (χ1) is 11.1. The zero-order chi connectivity index (χ0) is 16.2. The number of amides is 2. The number of carbonyl (C=O) groups is 2. The van der Waals surface area contributed by atoms with E-state index in [0.717, 1.165) is 12.8 Å². The van der Waals surface area contributed by atoms with Crippen molar-refractivity contribution in [3.05, 3.63) is 34.0 Å². The lowest BCUT2D eigenvalue weighted by atomic mass is 10.0. The van der Waals surface area contributed by atoms with Crippen molar-refractivity contribution in [3.63, 3.8) is 0 Å². The highest BCUT2D eigenvalue weighted by Gasteiger charge is 2.32. The summed E-state index contributed by atoms with van der Waals surface area (Å²) >= 11 is 1.40. The maximum Gasteiger partial charge on any atom is 0.264 e. The van der Waals surface area contributed by atoms with Gasteiger partial charge in [-0.1, -0.05) is 6.07 Å². The van der Waals surface area contributed by atoms with Crippen LogP contribution in [-0.4, -0.2) is 44.5 Å². The van der Waals surface area contributed by atoms with Crippen LogP contribution < -0.4 is 5.32 Å². The van der Waals surface area contributed by atoms with Crippen molar-refractivity contribution in [2.24, 2.45) is 0 Å². The van der Waals surface area contributed by atoms with Crippen LogP contribution in [0, 0.1) is 6.92 Å². The molecule has 3 heterocycles. The van der Waals surface area contributed by atoms with Crippen molar-refractivity contribution in [2.75, 3.05) is 6.54 Å². The molecule has 0 aliphatic carbocycles. The molecule has 0 spiro atoms. The summed E-state index contributed by atoms with van der Waals surface area (Å²) in [7, 11) is 0. The molecule has 0 saturated carbocycles. The van der Waals surface area contributed by atoms with Crippen LogP contribution in [0.3, 0.4) is 0 Å². The predicted molar refractivity (Wildman–Crippen MR) is 86.0 cm³/mol. The Hall–Kier alpha value is -2.22. The summed E-state index contributed by atoms with van der Waals surface area (Å²) in [6.45, 7) is 2.69. The second kappa shape index (κ2) is 6.91. The fraction of sp³-hybridized carbons (Fsp3) is 0.467. The third kappa shape index (κ3) is 3.58. The summed E-state index contributed by atoms with van der Waals surface area (Å²) in [5, 5.41) is 11.5. The van der Waals surface area contributed by atoms with Gasteiger partial charge in [0.1, 0.15) is 11.9 Å². The number of H-pyrrole nitrogens is 1. The van der Waals surface area contributed by atoms with E-state index in [1.807, 2.05) is 11.4 Å². The van der Waals surface area contributed by atoms with Gasteiger partial charge in [-0.15, -0.1) is 11.3 Å². The fourth-order valence-electron chi connectivity index (χ4n) is 2.74. The normalized spacial score (nSPS) is 18.0. The van der Waals surface area contributed by atoms with Gasteiger partial charge in [-0.05, 0) is 37.6 Å². The number of thiophene rings is 1. The lowest BCUT2D eigenvalue weighted by Gasteiger charge is -2.34. The lowest BCUT2D eigenvalue weighted by molar-refractivity contribution is -0.126. The van der Waals surface area contributed by atoms with E-state index in [4.69, 9.17) is 0 Å². The molecule has 7 nitrogen and oxygen atoms in total. The van der Waals surface area contributed by atoms with Crippen molar-refractivity contribution in [3.8, 4) is 0 Å². The number of likely N-dealkylation sites (tertiary alicyclic amines) is 1. The quantitative estimate of drug-likeness (QED) is 0.887. The molecule has 23 heavy (non-hydrogen) atoms. The minimum absolute atomic E-state index is 0.0615. The second-order valence-corrected chi connectivity index (χ2v) is 6.49. The second-order valence-electron chi connectivity index (χ2n) is 5.54. The Labute approximate surface area is 138 Å². The van der Waals surface area contributed by atoms with Crippen LogP contribution >= 0.6 is 11.3 Å². The van der Waals surface area contributed by atoms with Gasteiger partial charge in [0, 0.05) is 6.54 Å². The minimum Gasteiger partial charge on any atom is -0.347 e. The molecular formula is C15H19N5O2S. The first-order valence-electron chi connectivity index (χ1n) is 7.65. The Morgan fingerprint density at radius 3 is 3.04 bits per heavy atom. The van der Waals surface area contributed by atoms with Crippen molar-refractivity contribution >= 4 is 23.2 Å². The highest BCUT2D eigenvalue weighted by atomic mass is 32.1. The van der Waals surface area contributed by atoms with Gasteiger partial charge in [-0.2, -0.15) is 5.10 Å². The average molecular weight is 333 g/mol. The van der Waals surface area contributed by atoms with Gasteiger partial charge >= 0.3 is 0 Å². The van der Waals surface area contributed by atoms with Crippen LogP contribution in [0.15, 0.2) is 17.5 Å². The average Bonchev–Trinajstić information content (AvgIpc) is 3.23. The summed E-state index contributed by atoms with van der Waals surface area (Å²) in [5.74, 6) is 1.05. The van der Waals surface area contributed by atoms with E-state index in [9.17, 15) is 9.59 Å². The Morgan fingerprint density at radius 2 is 2.35 bits per heavy atom. The molecular weight excluding hydrogens is 314 g/mol. The van der Waals surface area contributed by atoms with E-state index in [0.29, 0.717) is 29.5 Å². The molecule has 2 aromatic heterocycles. The highest BCUT2D eigenvalue weighted by molar-refractivity contribution is 7.12. The number of aromatic amines is 1. The third-order valence-electron chi connectivity index (χ3n) is 3.86. The van der Waals surface area contributed by atoms with E-state index in [1.165, 1.54) is 11.3 Å². The Kier molecular flexibility index (Phi) is 4.71. The van der Waals surface area contributed by atoms with Crippen molar-refractivity contribution in [1.29, 1.82) is 0 Å². The third-order valence-corrected chi connectivity index (χ3v) is 4.72. The van der Waals surface area contributed by atoms with Crippen LogP contribution in [0.2, 0.25) is 0 Å². The molecule has 1 aliphatic heterocycles. The van der Waals surface area contributed by atoms with E-state index in [-0.39, 0.29) is 18.4 Å². The molecule has 2 amide bonds. The van der Waals surface area contributed by atoms with Crippen LogP contribution in [-0.2, 0) is 11.3 Å². The molecule has 0 bridgehead atoms. The molecule has 0 aromatic carbocycles. The fourth-order valence-corrected chi connectivity index (χ4v) is 3.42. The molecule has 8 heteroatoms. The van der Waals surface area contributed by atoms with Gasteiger partial charge in [0.05, 0.1) is 11.4 Å². The first-order valence-corrected chi connectivity index (χ1v) is 8.53. The Bertz CT molecular complexity index is 682. The van der Waals surface area contributed by atoms with Gasteiger partial charge in [-0.25, -0.2) is 4.98 Å². The SMILES string of the molecule is Cc1nc(CNC(=O)C2CCCCN2C(=O)c2cccs2)n[nH]1. The zero-order valence-electron chi connectivity index (χ0n) is 12.9. The molecule has 1 fully saturated rings. The molecule has 1 saturated heterocycles. The smallest absolute Gasteiger partial charge is 0.264 e. The predicted octanol–water partition coefficient (Wildman–Crippen LogP) is 1.49. The minimum atomic E-state index is -0.418. The van der Waals surface area contributed by atoms with E-state index in [1.54, 1.807) is 17.9 Å². The molecule has 2 N–H and O–H groups in total. The maximum atomic E-state index is 12.6. The largest absolute Gasteiger partial charge is 0.347 e. The molecule has 1 atom stereocenters. The van der Waals surface area contributed by atoms with Gasteiger partial charge < -0.3 is 10.2 Å². The Morgan fingerprint density at radius 1 is 1.48 bits per heavy atom. The first kappa shape index (κ1) is 15.7. The molecule has 3 rings (SSSR count). The zero-order valence-corrected chi connectivity index (χ0v) is 13.7. The molecule has 1 aliphatic rings. The molecule has 1 unspecified atom stereocenters. The summed E-state index contributed by atoms with van der Waals surface area (Å²) in [6, 6.07) is 3.23. The summed E-state index contributed by atoms with van der Waals surface area (Å²) in [6.07, 6.45) is 2.57. The number of aromatic nitrogens is 3. The van der Waals surface area contributed by atoms with Crippen molar-refractivity contribution in [2.45, 2.75) is 38.8 Å². The van der Waals surface area contributed by atoms with Crippen LogP contribution in [0.25, 0.3) is 0 Å². The number of carbonyl (C=O) groups excluding carboxylic acids is 2. The number of aryl methyl sites for hydroxylation is 1. The highest BCUT2D eigenvalue weighted by Crippen LogP contribution is 2.22. The van der Waals surface area contributed by atoms with Crippen molar-refractivity contribution in [1.82, 2.24) is 25.4 Å². The summed E-state index contributed by atoms with van der Waals surface area (Å²) in [5.41, 5.74) is 0. The number of hydrogen-bond donors (Lipinski definition) is 2. The maximum absolute atomic E-state index is 12.6. The Balaban J connectivity index is 1.65. The number of nitrogens with one attached hydrogen (secondary N) is 2. The van der Waals surface area contributed by atoms with Crippen LogP contribution in [0.1, 0.15) is 40.6 Å². The lowest BCUT2D eigenvalue weighted by Crippen LogP contribution is -2.51. The number of piperidine rings is 1. The summed E-state index contributed by atoms with van der Waals surface area (Å²) in [4.78, 5) is 31.6. The van der Waals surface area contributed by atoms with Gasteiger partial charge in [-0.3, -0.25) is 14.7 Å². The summed E-state index contributed by atoms with van der Waals surface area (Å²) < 4.78 is 0. The molecule has 122 valence electrons. The topological polar surface area (TPSA) is 91.0 Å². The van der Waals surface area contributed by atoms with Gasteiger partial charge in [0.15, 0.2) is 5.82 Å². The van der Waals surface area contributed by atoms with E-state index < -0.39 is 6.04 Å². The van der Waals surface area contributed by atoms with Crippen molar-refractivity contribution < 1.29 is 9.59 Å². The van der Waals surface area contributed by atoms with E-state index in [2.05, 4.69) is 20.5 Å².